The van der Waals surface area contributed by atoms with Gasteiger partial charge in [-0.3, -0.25) is 4.90 Å². The smallest absolute Gasteiger partial charge is 0.322 e. The van der Waals surface area contributed by atoms with E-state index in [0.717, 1.165) is 28.8 Å². The molecule has 3 aromatic rings. The predicted molar refractivity (Wildman–Crippen MR) is 112 cm³/mol. The molecule has 1 unspecified atom stereocenters. The van der Waals surface area contributed by atoms with Crippen molar-refractivity contribution in [2.45, 2.75) is 26.3 Å². The summed E-state index contributed by atoms with van der Waals surface area (Å²) in [4.78, 5) is 19.1. The molecule has 1 aliphatic heterocycles. The van der Waals surface area contributed by atoms with E-state index in [4.69, 9.17) is 16.1 Å². The lowest BCUT2D eigenvalue weighted by Gasteiger charge is -2.35. The Morgan fingerprint density at radius 3 is 2.69 bits per heavy atom. The minimum Gasteiger partial charge on any atom is -0.334 e. The third-order valence-electron chi connectivity index (χ3n) is 4.91. The lowest BCUT2D eigenvalue weighted by atomic mass is 9.94. The first-order chi connectivity index (χ1) is 14.1. The summed E-state index contributed by atoms with van der Waals surface area (Å²) >= 11 is 6.20. The summed E-state index contributed by atoms with van der Waals surface area (Å²) in [7, 11) is 0. The normalized spacial score (nSPS) is 16.9. The Hall–Kier alpha value is -3.12. The van der Waals surface area contributed by atoms with Crippen LogP contribution >= 0.6 is 11.6 Å². The summed E-state index contributed by atoms with van der Waals surface area (Å²) in [5.41, 5.74) is 3.29. The van der Waals surface area contributed by atoms with Gasteiger partial charge >= 0.3 is 6.03 Å². The molecule has 0 saturated carbocycles. The third kappa shape index (κ3) is 3.76. The van der Waals surface area contributed by atoms with Crippen molar-refractivity contribution in [2.75, 3.05) is 6.54 Å². The van der Waals surface area contributed by atoms with E-state index in [2.05, 4.69) is 15.5 Å². The van der Waals surface area contributed by atoms with Crippen molar-refractivity contribution in [3.63, 3.8) is 0 Å². The van der Waals surface area contributed by atoms with Gasteiger partial charge < -0.3 is 9.84 Å². The van der Waals surface area contributed by atoms with Gasteiger partial charge in [-0.05, 0) is 31.0 Å². The largest absolute Gasteiger partial charge is 0.334 e. The number of benzene rings is 2. The summed E-state index contributed by atoms with van der Waals surface area (Å²) < 4.78 is 5.64. The second-order valence-electron chi connectivity index (χ2n) is 6.88. The van der Waals surface area contributed by atoms with Gasteiger partial charge in [-0.1, -0.05) is 66.1 Å². The molecular formula is C22H21ClN4O2. The number of carbonyl (C=O) groups excluding carboxylic acids is 1. The number of hydrogen-bond acceptors (Lipinski definition) is 4. The van der Waals surface area contributed by atoms with Gasteiger partial charge in [-0.25, -0.2) is 4.79 Å². The second kappa shape index (κ2) is 8.09. The van der Waals surface area contributed by atoms with Crippen LogP contribution in [0.25, 0.3) is 17.0 Å². The van der Waals surface area contributed by atoms with Crippen LogP contribution in [-0.4, -0.2) is 27.6 Å². The van der Waals surface area contributed by atoms with Gasteiger partial charge in [0, 0.05) is 22.8 Å². The number of halogens is 1. The molecule has 29 heavy (non-hydrogen) atoms. The molecule has 1 aromatic heterocycles. The fourth-order valence-corrected chi connectivity index (χ4v) is 3.72. The quantitative estimate of drug-likeness (QED) is 0.622. The molecule has 4 rings (SSSR count). The van der Waals surface area contributed by atoms with Crippen LogP contribution in [0.4, 0.5) is 4.79 Å². The van der Waals surface area contributed by atoms with Crippen molar-refractivity contribution in [2.24, 2.45) is 0 Å². The molecule has 1 aliphatic rings. The Kier molecular flexibility index (Phi) is 5.36. The number of amides is 2. The number of hydrogen-bond donors (Lipinski definition) is 1. The van der Waals surface area contributed by atoms with Crippen LogP contribution in [0, 0.1) is 0 Å². The Morgan fingerprint density at radius 2 is 1.97 bits per heavy atom. The van der Waals surface area contributed by atoms with E-state index < -0.39 is 6.04 Å². The summed E-state index contributed by atoms with van der Waals surface area (Å²) in [6.45, 7) is 4.54. The lowest BCUT2D eigenvalue weighted by molar-refractivity contribution is 0.205. The van der Waals surface area contributed by atoms with E-state index in [9.17, 15) is 4.79 Å². The molecule has 1 atom stereocenters. The molecular weight excluding hydrogens is 388 g/mol. The number of urea groups is 1. The molecule has 0 spiro atoms. The minimum atomic E-state index is -0.432. The van der Waals surface area contributed by atoms with Crippen LogP contribution in [0.3, 0.4) is 0 Å². The first-order valence-corrected chi connectivity index (χ1v) is 9.90. The van der Waals surface area contributed by atoms with E-state index in [1.54, 1.807) is 11.0 Å². The summed E-state index contributed by atoms with van der Waals surface area (Å²) in [6.07, 6.45) is 0.832. The molecule has 0 radical (unpaired) electrons. The molecule has 148 valence electrons. The van der Waals surface area contributed by atoms with E-state index in [1.165, 1.54) is 0 Å². The van der Waals surface area contributed by atoms with Gasteiger partial charge in [0.1, 0.15) is 0 Å². The zero-order valence-electron chi connectivity index (χ0n) is 16.2. The highest BCUT2D eigenvalue weighted by molar-refractivity contribution is 6.30. The summed E-state index contributed by atoms with van der Waals surface area (Å²) in [5.74, 6) is 0.886. The third-order valence-corrected chi connectivity index (χ3v) is 5.15. The van der Waals surface area contributed by atoms with Crippen molar-refractivity contribution in [1.29, 1.82) is 0 Å². The van der Waals surface area contributed by atoms with E-state index in [1.807, 2.05) is 62.4 Å². The highest BCUT2D eigenvalue weighted by Crippen LogP contribution is 2.37. The maximum absolute atomic E-state index is 12.7. The number of allylic oxidation sites excluding steroid dienone is 1. The van der Waals surface area contributed by atoms with Gasteiger partial charge in [0.15, 0.2) is 0 Å². The van der Waals surface area contributed by atoms with Crippen LogP contribution in [-0.2, 0) is 0 Å². The summed E-state index contributed by atoms with van der Waals surface area (Å²) in [6, 6.07) is 16.5. The van der Waals surface area contributed by atoms with Crippen molar-refractivity contribution < 1.29 is 9.32 Å². The summed E-state index contributed by atoms with van der Waals surface area (Å²) in [5, 5.41) is 7.82. The Balaban J connectivity index is 1.83. The number of nitrogens with zero attached hydrogens (tertiary/aromatic N) is 3. The van der Waals surface area contributed by atoms with Gasteiger partial charge in [0.25, 0.3) is 5.89 Å². The molecule has 0 bridgehead atoms. The zero-order chi connectivity index (χ0) is 20.4. The lowest BCUT2D eigenvalue weighted by Crippen LogP contribution is -2.46. The molecule has 1 N–H and O–H groups in total. The van der Waals surface area contributed by atoms with Crippen LogP contribution in [0.2, 0.25) is 5.02 Å². The van der Waals surface area contributed by atoms with Crippen LogP contribution in [0.15, 0.2) is 64.8 Å². The molecule has 2 aromatic carbocycles. The standard InChI is InChI=1S/C22H21ClN4O2/c1-3-12-27-14(2)18(19(24-22(27)28)16-10-7-11-17(23)13-16)21-25-20(26-29-21)15-8-5-4-6-9-15/h4-11,13,19H,3,12H2,1-2H3,(H,24,28). The van der Waals surface area contributed by atoms with E-state index in [0.29, 0.717) is 23.3 Å². The van der Waals surface area contributed by atoms with Crippen LogP contribution in [0.5, 0.6) is 0 Å². The highest BCUT2D eigenvalue weighted by atomic mass is 35.5. The van der Waals surface area contributed by atoms with Gasteiger partial charge in [-0.2, -0.15) is 4.98 Å². The first kappa shape index (κ1) is 19.2. The molecule has 2 heterocycles. The predicted octanol–water partition coefficient (Wildman–Crippen LogP) is 5.30. The van der Waals surface area contributed by atoms with Gasteiger partial charge in [0.2, 0.25) is 5.82 Å². The Bertz CT molecular complexity index is 1060. The number of nitrogens with one attached hydrogen (secondary N) is 1. The van der Waals surface area contributed by atoms with Crippen LogP contribution < -0.4 is 5.32 Å². The molecule has 2 amide bonds. The Labute approximate surface area is 174 Å². The Morgan fingerprint density at radius 1 is 1.17 bits per heavy atom. The highest BCUT2D eigenvalue weighted by Gasteiger charge is 2.35. The fourth-order valence-electron chi connectivity index (χ4n) is 3.52. The number of rotatable bonds is 5. The maximum Gasteiger partial charge on any atom is 0.322 e. The second-order valence-corrected chi connectivity index (χ2v) is 7.31. The topological polar surface area (TPSA) is 71.3 Å². The molecule has 0 fully saturated rings. The van der Waals surface area contributed by atoms with E-state index in [-0.39, 0.29) is 6.03 Å². The molecule has 7 heteroatoms. The van der Waals surface area contributed by atoms with Gasteiger partial charge in [-0.15, -0.1) is 0 Å². The van der Waals surface area contributed by atoms with Crippen molar-refractivity contribution in [3.8, 4) is 11.4 Å². The average Bonchev–Trinajstić information content (AvgIpc) is 3.21. The molecule has 0 saturated heterocycles. The fraction of sp³-hybridized carbons (Fsp3) is 0.227. The number of aromatic nitrogens is 2. The average molecular weight is 409 g/mol. The van der Waals surface area contributed by atoms with Crippen molar-refractivity contribution >= 4 is 23.2 Å². The van der Waals surface area contributed by atoms with Crippen LogP contribution in [0.1, 0.15) is 37.8 Å². The first-order valence-electron chi connectivity index (χ1n) is 9.52. The zero-order valence-corrected chi connectivity index (χ0v) is 17.0. The van der Waals surface area contributed by atoms with Crippen molar-refractivity contribution in [1.82, 2.24) is 20.4 Å². The number of carbonyl (C=O) groups is 1. The van der Waals surface area contributed by atoms with Crippen molar-refractivity contribution in [3.05, 3.63) is 76.8 Å². The minimum absolute atomic E-state index is 0.152. The maximum atomic E-state index is 12.7. The monoisotopic (exact) mass is 408 g/mol. The van der Waals surface area contributed by atoms with E-state index >= 15 is 0 Å². The molecule has 6 nitrogen and oxygen atoms in total. The SMILES string of the molecule is CCCN1C(=O)NC(c2cccc(Cl)c2)C(c2nc(-c3ccccc3)no2)=C1C. The van der Waals surface area contributed by atoms with Gasteiger partial charge in [0.05, 0.1) is 11.6 Å². The molecule has 0 aliphatic carbocycles.